The molecule has 1 saturated carbocycles. The highest BCUT2D eigenvalue weighted by atomic mass is 79.9. The lowest BCUT2D eigenvalue weighted by Gasteiger charge is -2.34. The van der Waals surface area contributed by atoms with Crippen molar-refractivity contribution < 1.29 is 5.11 Å². The fourth-order valence-corrected chi connectivity index (χ4v) is 3.00. The van der Waals surface area contributed by atoms with Crippen LogP contribution < -0.4 is 0 Å². The molecule has 1 fully saturated rings. The van der Waals surface area contributed by atoms with Crippen molar-refractivity contribution in [2.75, 3.05) is 0 Å². The van der Waals surface area contributed by atoms with Crippen molar-refractivity contribution in [2.24, 2.45) is 13.0 Å². The highest BCUT2D eigenvalue weighted by Crippen LogP contribution is 2.40. The second-order valence-corrected chi connectivity index (χ2v) is 5.32. The van der Waals surface area contributed by atoms with Gasteiger partial charge in [0.25, 0.3) is 0 Å². The van der Waals surface area contributed by atoms with Crippen LogP contribution in [-0.2, 0) is 12.6 Å². The molecule has 1 aromatic heterocycles. The van der Waals surface area contributed by atoms with Crippen LogP contribution in [-0.4, -0.2) is 20.1 Å². The zero-order valence-corrected chi connectivity index (χ0v) is 10.7. The van der Waals surface area contributed by atoms with Gasteiger partial charge in [-0.1, -0.05) is 12.1 Å². The maximum atomic E-state index is 10.6. The Balaban J connectivity index is 2.30. The molecule has 84 valence electrons. The van der Waals surface area contributed by atoms with Crippen LogP contribution in [0.3, 0.4) is 0 Å². The number of halogens is 1. The normalized spacial score (nSPS) is 31.9. The number of nitrogens with zero attached hydrogens (tertiary/aromatic N) is 3. The average Bonchev–Trinajstić information content (AvgIpc) is 2.52. The summed E-state index contributed by atoms with van der Waals surface area (Å²) in [5.74, 6) is 0.713. The molecule has 4 nitrogen and oxygen atoms in total. The van der Waals surface area contributed by atoms with Crippen molar-refractivity contribution in [3.8, 4) is 0 Å². The number of aromatic nitrogens is 3. The predicted octanol–water partition coefficient (Wildman–Crippen LogP) is 1.98. The van der Waals surface area contributed by atoms with Crippen molar-refractivity contribution in [2.45, 2.75) is 38.2 Å². The highest BCUT2D eigenvalue weighted by Gasteiger charge is 2.38. The molecular weight excluding hydrogens is 258 g/mol. The molecule has 1 N–H and O–H groups in total. The van der Waals surface area contributed by atoms with Gasteiger partial charge in [-0.3, -0.25) is 0 Å². The predicted molar refractivity (Wildman–Crippen MR) is 60.2 cm³/mol. The van der Waals surface area contributed by atoms with Gasteiger partial charge in [0, 0.05) is 7.05 Å². The number of rotatable bonds is 1. The fraction of sp³-hybridized carbons (Fsp3) is 0.800. The van der Waals surface area contributed by atoms with E-state index in [4.69, 9.17) is 0 Å². The Kier molecular flexibility index (Phi) is 2.85. The molecule has 1 aromatic rings. The minimum atomic E-state index is -0.746. The molecule has 0 saturated heterocycles. The van der Waals surface area contributed by atoms with Gasteiger partial charge in [0.15, 0.2) is 4.60 Å². The van der Waals surface area contributed by atoms with Crippen molar-refractivity contribution in [1.29, 1.82) is 0 Å². The smallest absolute Gasteiger partial charge is 0.154 e. The van der Waals surface area contributed by atoms with Crippen LogP contribution in [0.1, 0.15) is 38.3 Å². The lowest BCUT2D eigenvalue weighted by Crippen LogP contribution is -2.33. The van der Waals surface area contributed by atoms with E-state index in [-0.39, 0.29) is 0 Å². The van der Waals surface area contributed by atoms with Crippen LogP contribution in [0, 0.1) is 5.92 Å². The first-order valence-corrected chi connectivity index (χ1v) is 6.10. The van der Waals surface area contributed by atoms with Crippen LogP contribution >= 0.6 is 15.9 Å². The van der Waals surface area contributed by atoms with Crippen LogP contribution in [0.25, 0.3) is 0 Å². The summed E-state index contributed by atoms with van der Waals surface area (Å²) < 4.78 is 2.34. The summed E-state index contributed by atoms with van der Waals surface area (Å²) >= 11 is 3.35. The van der Waals surface area contributed by atoms with Crippen molar-refractivity contribution >= 4 is 15.9 Å². The molecule has 0 radical (unpaired) electrons. The summed E-state index contributed by atoms with van der Waals surface area (Å²) in [6, 6.07) is 0. The van der Waals surface area contributed by atoms with Crippen LogP contribution in [0.4, 0.5) is 0 Å². The molecule has 0 spiro atoms. The minimum Gasteiger partial charge on any atom is -0.383 e. The SMILES string of the molecule is CC1CCC(O)(c2c(Br)nnn2C)CC1. The first-order valence-electron chi connectivity index (χ1n) is 5.31. The van der Waals surface area contributed by atoms with Gasteiger partial charge in [-0.15, -0.1) is 5.10 Å². The topological polar surface area (TPSA) is 50.9 Å². The zero-order chi connectivity index (χ0) is 11.1. The summed E-state index contributed by atoms with van der Waals surface area (Å²) in [6.45, 7) is 2.23. The standard InChI is InChI=1S/C10H16BrN3O/c1-7-3-5-10(15,6-4-7)8-9(11)12-13-14(8)2/h7,15H,3-6H2,1-2H3. The van der Waals surface area contributed by atoms with E-state index in [1.54, 1.807) is 4.68 Å². The highest BCUT2D eigenvalue weighted by molar-refractivity contribution is 9.10. The molecular formula is C10H16BrN3O. The summed E-state index contributed by atoms with van der Waals surface area (Å²) in [6.07, 6.45) is 3.73. The summed E-state index contributed by atoms with van der Waals surface area (Å²) in [5.41, 5.74) is 0.0678. The Morgan fingerprint density at radius 3 is 2.53 bits per heavy atom. The largest absolute Gasteiger partial charge is 0.383 e. The number of aliphatic hydroxyl groups is 1. The van der Waals surface area contributed by atoms with Gasteiger partial charge in [-0.05, 0) is 47.5 Å². The maximum absolute atomic E-state index is 10.6. The molecule has 5 heteroatoms. The molecule has 2 rings (SSSR count). The first kappa shape index (κ1) is 11.1. The lowest BCUT2D eigenvalue weighted by molar-refractivity contribution is -0.0195. The number of hydrogen-bond donors (Lipinski definition) is 1. The average molecular weight is 274 g/mol. The Morgan fingerprint density at radius 1 is 1.47 bits per heavy atom. The van der Waals surface area contributed by atoms with Gasteiger partial charge in [-0.25, -0.2) is 4.68 Å². The second kappa shape index (κ2) is 3.87. The molecule has 0 atom stereocenters. The van der Waals surface area contributed by atoms with E-state index in [9.17, 15) is 5.11 Å². The summed E-state index contributed by atoms with van der Waals surface area (Å²) in [7, 11) is 1.82. The fourth-order valence-electron chi connectivity index (χ4n) is 2.30. The molecule has 15 heavy (non-hydrogen) atoms. The van der Waals surface area contributed by atoms with Crippen LogP contribution in [0.2, 0.25) is 0 Å². The van der Waals surface area contributed by atoms with Crippen LogP contribution in [0.5, 0.6) is 0 Å². The maximum Gasteiger partial charge on any atom is 0.154 e. The molecule has 0 aliphatic heterocycles. The van der Waals surface area contributed by atoms with Crippen LogP contribution in [0.15, 0.2) is 4.60 Å². The molecule has 1 aliphatic carbocycles. The monoisotopic (exact) mass is 273 g/mol. The molecule has 1 heterocycles. The lowest BCUT2D eigenvalue weighted by atomic mass is 9.78. The number of hydrogen-bond acceptors (Lipinski definition) is 3. The Labute approximate surface area is 97.8 Å². The van der Waals surface area contributed by atoms with Gasteiger partial charge in [0.2, 0.25) is 0 Å². The van der Waals surface area contributed by atoms with Crippen molar-refractivity contribution in [1.82, 2.24) is 15.0 Å². The molecule has 0 unspecified atom stereocenters. The van der Waals surface area contributed by atoms with E-state index in [0.717, 1.165) is 31.4 Å². The minimum absolute atomic E-state index is 0.669. The molecule has 1 aliphatic rings. The van der Waals surface area contributed by atoms with Gasteiger partial charge in [0.1, 0.15) is 11.3 Å². The van der Waals surface area contributed by atoms with Crippen molar-refractivity contribution in [3.63, 3.8) is 0 Å². The van der Waals surface area contributed by atoms with E-state index in [1.165, 1.54) is 0 Å². The van der Waals surface area contributed by atoms with Gasteiger partial charge in [0.05, 0.1) is 0 Å². The third kappa shape index (κ3) is 1.95. The third-order valence-electron chi connectivity index (χ3n) is 3.33. The second-order valence-electron chi connectivity index (χ2n) is 4.57. The van der Waals surface area contributed by atoms with E-state index >= 15 is 0 Å². The van der Waals surface area contributed by atoms with Gasteiger partial charge >= 0.3 is 0 Å². The molecule has 0 bridgehead atoms. The van der Waals surface area contributed by atoms with E-state index in [2.05, 4.69) is 33.2 Å². The zero-order valence-electron chi connectivity index (χ0n) is 9.07. The first-order chi connectivity index (χ1) is 7.03. The molecule has 0 aromatic carbocycles. The van der Waals surface area contributed by atoms with Crippen molar-refractivity contribution in [3.05, 3.63) is 10.3 Å². The van der Waals surface area contributed by atoms with E-state index in [0.29, 0.717) is 10.5 Å². The molecule has 0 amide bonds. The Bertz CT molecular complexity index is 336. The Hall–Kier alpha value is -0.420. The third-order valence-corrected chi connectivity index (χ3v) is 3.86. The number of aryl methyl sites for hydroxylation is 1. The van der Waals surface area contributed by atoms with E-state index in [1.807, 2.05) is 7.05 Å². The van der Waals surface area contributed by atoms with E-state index < -0.39 is 5.60 Å². The van der Waals surface area contributed by atoms with Gasteiger partial charge in [-0.2, -0.15) is 0 Å². The quantitative estimate of drug-likeness (QED) is 0.851. The Morgan fingerprint density at radius 2 is 2.07 bits per heavy atom. The van der Waals surface area contributed by atoms with Gasteiger partial charge < -0.3 is 5.11 Å². The summed E-state index contributed by atoms with van der Waals surface area (Å²) in [5, 5.41) is 18.4. The summed E-state index contributed by atoms with van der Waals surface area (Å²) in [4.78, 5) is 0.